The minimum absolute atomic E-state index is 0.242. The van der Waals surface area contributed by atoms with Gasteiger partial charge in [-0.2, -0.15) is 15.4 Å². The van der Waals surface area contributed by atoms with Gasteiger partial charge in [-0.15, -0.1) is 0 Å². The Balaban J connectivity index is 2.21. The predicted molar refractivity (Wildman–Crippen MR) is 66.2 cm³/mol. The van der Waals surface area contributed by atoms with Gasteiger partial charge in [0.2, 0.25) is 0 Å². The highest BCUT2D eigenvalue weighted by Crippen LogP contribution is 2.26. The Kier molecular flexibility index (Phi) is 3.35. The van der Waals surface area contributed by atoms with Crippen molar-refractivity contribution < 1.29 is 4.79 Å². The van der Waals surface area contributed by atoms with Gasteiger partial charge in [-0.1, -0.05) is 15.9 Å². The molecule has 0 unspecified atom stereocenters. The van der Waals surface area contributed by atoms with Crippen LogP contribution in [0.3, 0.4) is 0 Å². The van der Waals surface area contributed by atoms with E-state index in [2.05, 4.69) is 52.6 Å². The molecule has 2 aromatic rings. The van der Waals surface area contributed by atoms with Crippen LogP contribution in [-0.2, 0) is 0 Å². The van der Waals surface area contributed by atoms with Crippen molar-refractivity contribution in [2.24, 2.45) is 0 Å². The number of aromatic amines is 1. The van der Waals surface area contributed by atoms with Crippen LogP contribution in [0.25, 0.3) is 0 Å². The van der Waals surface area contributed by atoms with Crippen LogP contribution in [0.4, 0.5) is 5.69 Å². The molecule has 2 rings (SSSR count). The number of benzene rings is 1. The summed E-state index contributed by atoms with van der Waals surface area (Å²) in [5.41, 5.74) is 0.911. The lowest BCUT2D eigenvalue weighted by Gasteiger charge is -2.05. The number of amides is 1. The van der Waals surface area contributed by atoms with E-state index in [1.54, 1.807) is 6.07 Å². The lowest BCUT2D eigenvalue weighted by atomic mass is 10.3. The van der Waals surface area contributed by atoms with Gasteiger partial charge in [0.25, 0.3) is 5.91 Å². The molecule has 0 radical (unpaired) electrons. The quantitative estimate of drug-likeness (QED) is 0.878. The van der Waals surface area contributed by atoms with E-state index in [4.69, 9.17) is 0 Å². The van der Waals surface area contributed by atoms with Gasteiger partial charge in [0, 0.05) is 8.95 Å². The summed E-state index contributed by atoms with van der Waals surface area (Å²) in [6.45, 7) is 0. The molecule has 82 valence electrons. The summed E-state index contributed by atoms with van der Waals surface area (Å²) in [5, 5.41) is 12.4. The van der Waals surface area contributed by atoms with Gasteiger partial charge in [-0.3, -0.25) is 4.79 Å². The molecular weight excluding hydrogens is 340 g/mol. The smallest absolute Gasteiger partial charge is 0.277 e. The zero-order valence-corrected chi connectivity index (χ0v) is 11.0. The van der Waals surface area contributed by atoms with Crippen molar-refractivity contribution in [2.45, 2.75) is 0 Å². The van der Waals surface area contributed by atoms with Crippen molar-refractivity contribution in [1.82, 2.24) is 15.4 Å². The number of halogens is 2. The molecule has 0 aliphatic rings. The first kappa shape index (κ1) is 11.3. The number of carbonyl (C=O) groups excluding carboxylic acids is 1. The average molecular weight is 346 g/mol. The highest BCUT2D eigenvalue weighted by Gasteiger charge is 2.10. The number of nitrogens with zero attached hydrogens (tertiary/aromatic N) is 2. The fourth-order valence-corrected chi connectivity index (χ4v) is 1.80. The predicted octanol–water partition coefficient (Wildman–Crippen LogP) is 2.58. The number of hydrogen-bond donors (Lipinski definition) is 2. The molecule has 0 aliphatic heterocycles. The molecule has 7 heteroatoms. The standard InChI is InChI=1S/C9H6Br2N4O/c10-5-1-2-6(11)7(3-5)13-9(16)8-4-12-15-14-8/h1-4H,(H,13,16)(H,12,14,15). The van der Waals surface area contributed by atoms with Crippen LogP contribution in [0.15, 0.2) is 33.3 Å². The first-order chi connectivity index (χ1) is 7.66. The number of hydrogen-bond acceptors (Lipinski definition) is 3. The SMILES string of the molecule is O=C(Nc1cc(Br)ccc1Br)c1cn[nH]n1. The number of nitrogens with one attached hydrogen (secondary N) is 2. The minimum atomic E-state index is -0.312. The van der Waals surface area contributed by atoms with Crippen LogP contribution in [0.1, 0.15) is 10.5 Å². The molecular formula is C9H6Br2N4O. The van der Waals surface area contributed by atoms with Gasteiger partial charge in [0.1, 0.15) is 0 Å². The summed E-state index contributed by atoms with van der Waals surface area (Å²) < 4.78 is 1.68. The molecule has 16 heavy (non-hydrogen) atoms. The van der Waals surface area contributed by atoms with Gasteiger partial charge in [0.05, 0.1) is 11.9 Å². The van der Waals surface area contributed by atoms with E-state index in [1.165, 1.54) is 6.20 Å². The van der Waals surface area contributed by atoms with Crippen molar-refractivity contribution >= 4 is 43.5 Å². The Morgan fingerprint density at radius 2 is 2.19 bits per heavy atom. The monoisotopic (exact) mass is 344 g/mol. The molecule has 1 amide bonds. The van der Waals surface area contributed by atoms with Crippen LogP contribution in [-0.4, -0.2) is 21.3 Å². The normalized spacial score (nSPS) is 10.1. The van der Waals surface area contributed by atoms with E-state index in [-0.39, 0.29) is 11.6 Å². The molecule has 0 spiro atoms. The van der Waals surface area contributed by atoms with Crippen LogP contribution in [0, 0.1) is 0 Å². The average Bonchev–Trinajstić information content (AvgIpc) is 2.76. The summed E-state index contributed by atoms with van der Waals surface area (Å²) in [7, 11) is 0. The van der Waals surface area contributed by atoms with E-state index in [0.29, 0.717) is 5.69 Å². The molecule has 5 nitrogen and oxygen atoms in total. The molecule has 0 saturated carbocycles. The van der Waals surface area contributed by atoms with Crippen LogP contribution in [0.2, 0.25) is 0 Å². The second-order valence-electron chi connectivity index (χ2n) is 2.93. The molecule has 0 bridgehead atoms. The molecule has 0 fully saturated rings. The third-order valence-electron chi connectivity index (χ3n) is 1.82. The van der Waals surface area contributed by atoms with Gasteiger partial charge >= 0.3 is 0 Å². The summed E-state index contributed by atoms with van der Waals surface area (Å²) in [6.07, 6.45) is 1.36. The highest BCUT2D eigenvalue weighted by molar-refractivity contribution is 9.11. The number of anilines is 1. The lowest BCUT2D eigenvalue weighted by Crippen LogP contribution is -2.12. The topological polar surface area (TPSA) is 70.7 Å². The Morgan fingerprint density at radius 3 is 2.88 bits per heavy atom. The fourth-order valence-electron chi connectivity index (χ4n) is 1.09. The largest absolute Gasteiger partial charge is 0.319 e. The van der Waals surface area contributed by atoms with Crippen LogP contribution in [0.5, 0.6) is 0 Å². The Morgan fingerprint density at radius 1 is 1.38 bits per heavy atom. The minimum Gasteiger partial charge on any atom is -0.319 e. The van der Waals surface area contributed by atoms with E-state index in [0.717, 1.165) is 8.95 Å². The van der Waals surface area contributed by atoms with E-state index in [1.807, 2.05) is 12.1 Å². The molecule has 0 atom stereocenters. The molecule has 1 heterocycles. The van der Waals surface area contributed by atoms with Gasteiger partial charge in [0.15, 0.2) is 5.69 Å². The number of H-pyrrole nitrogens is 1. The van der Waals surface area contributed by atoms with Crippen molar-refractivity contribution in [3.05, 3.63) is 39.0 Å². The van der Waals surface area contributed by atoms with Gasteiger partial charge in [-0.25, -0.2) is 0 Å². The Labute approximate surface area is 108 Å². The maximum atomic E-state index is 11.7. The third kappa shape index (κ3) is 2.48. The first-order valence-corrected chi connectivity index (χ1v) is 5.87. The molecule has 1 aromatic carbocycles. The fraction of sp³-hybridized carbons (Fsp3) is 0. The molecule has 0 saturated heterocycles. The lowest BCUT2D eigenvalue weighted by molar-refractivity contribution is 0.102. The van der Waals surface area contributed by atoms with Crippen molar-refractivity contribution in [1.29, 1.82) is 0 Å². The Bertz CT molecular complexity index is 512. The number of aromatic nitrogens is 3. The van der Waals surface area contributed by atoms with Crippen molar-refractivity contribution in [2.75, 3.05) is 5.32 Å². The van der Waals surface area contributed by atoms with Gasteiger partial charge in [-0.05, 0) is 34.1 Å². The van der Waals surface area contributed by atoms with E-state index in [9.17, 15) is 4.79 Å². The van der Waals surface area contributed by atoms with Crippen LogP contribution < -0.4 is 5.32 Å². The van der Waals surface area contributed by atoms with Crippen LogP contribution >= 0.6 is 31.9 Å². The maximum absolute atomic E-state index is 11.7. The Hall–Kier alpha value is -1.21. The van der Waals surface area contributed by atoms with E-state index >= 15 is 0 Å². The first-order valence-electron chi connectivity index (χ1n) is 4.29. The number of carbonyl (C=O) groups is 1. The third-order valence-corrected chi connectivity index (χ3v) is 3.01. The zero-order valence-electron chi connectivity index (χ0n) is 7.87. The second-order valence-corrected chi connectivity index (χ2v) is 4.70. The zero-order chi connectivity index (χ0) is 11.5. The summed E-state index contributed by atoms with van der Waals surface area (Å²) in [6, 6.07) is 5.50. The molecule has 0 aliphatic carbocycles. The summed E-state index contributed by atoms with van der Waals surface area (Å²) >= 11 is 6.67. The second kappa shape index (κ2) is 4.75. The van der Waals surface area contributed by atoms with E-state index < -0.39 is 0 Å². The summed E-state index contributed by atoms with van der Waals surface area (Å²) in [4.78, 5) is 11.7. The molecule has 1 aromatic heterocycles. The van der Waals surface area contributed by atoms with Crippen molar-refractivity contribution in [3.8, 4) is 0 Å². The van der Waals surface area contributed by atoms with Gasteiger partial charge < -0.3 is 5.32 Å². The number of rotatable bonds is 2. The summed E-state index contributed by atoms with van der Waals surface area (Å²) in [5.74, 6) is -0.312. The molecule has 2 N–H and O–H groups in total. The maximum Gasteiger partial charge on any atom is 0.277 e. The van der Waals surface area contributed by atoms with Crippen molar-refractivity contribution in [3.63, 3.8) is 0 Å². The highest BCUT2D eigenvalue weighted by atomic mass is 79.9.